The smallest absolute Gasteiger partial charge is 0.477 e. The molecular weight excluding hydrogens is 913 g/mol. The Balaban J connectivity index is 0.000000142. The Morgan fingerprint density at radius 1 is 0.629 bits per heavy atom. The number of esters is 1. The van der Waals surface area contributed by atoms with Gasteiger partial charge < -0.3 is 38.8 Å². The van der Waals surface area contributed by atoms with E-state index in [1.54, 1.807) is 36.8 Å². The molecule has 0 radical (unpaired) electrons. The number of aromatic nitrogens is 9. The summed E-state index contributed by atoms with van der Waals surface area (Å²) in [6, 6.07) is 22.0. The van der Waals surface area contributed by atoms with Crippen molar-refractivity contribution in [2.75, 3.05) is 0 Å². The fourth-order valence-electron chi connectivity index (χ4n) is 7.03. The van der Waals surface area contributed by atoms with Crippen LogP contribution in [0.4, 0.5) is 0 Å². The molecule has 19 heteroatoms. The largest absolute Gasteiger partial charge is 0.496 e. The number of nitrogens with zero attached hydrogens (tertiary/aromatic N) is 7. The number of carbonyl (C=O) groups excluding carboxylic acids is 1. The molecule has 9 aromatic rings. The SMILES string of the molecule is CC(C)OC(=O)c1cc(-c2cnc3cc[nH]c3c2)ccn1.CC(C)n1ccc2ncc(-c3ccnc(C(=O)O)c3)cc21.CC1(C)OB(c2cnc3cc[nH]c3c2)OC1(C)C.O=C(O)c1cc(Cl)ccn1. The zero-order valence-electron chi connectivity index (χ0n) is 39.7. The Morgan fingerprint density at radius 2 is 1.14 bits per heavy atom. The molecule has 0 aromatic carbocycles. The van der Waals surface area contributed by atoms with E-state index in [9.17, 15) is 14.4 Å². The number of hydrogen-bond donors (Lipinski definition) is 4. The molecule has 0 atom stereocenters. The van der Waals surface area contributed by atoms with Crippen molar-refractivity contribution in [2.24, 2.45) is 0 Å². The zero-order chi connectivity index (χ0) is 50.3. The fraction of sp³-hybridized carbons (Fsp3) is 0.235. The molecular formula is C51H51BClN9O8. The maximum absolute atomic E-state index is 11.9. The quantitative estimate of drug-likeness (QED) is 0.0820. The van der Waals surface area contributed by atoms with Crippen LogP contribution in [0.25, 0.3) is 55.4 Å². The van der Waals surface area contributed by atoms with Crippen molar-refractivity contribution in [3.05, 3.63) is 151 Å². The lowest BCUT2D eigenvalue weighted by atomic mass is 9.80. The summed E-state index contributed by atoms with van der Waals surface area (Å²) in [6.07, 6.45) is 15.4. The average molecular weight is 964 g/mol. The van der Waals surface area contributed by atoms with Gasteiger partial charge in [0, 0.05) is 83.4 Å². The summed E-state index contributed by atoms with van der Waals surface area (Å²) >= 11 is 5.49. The van der Waals surface area contributed by atoms with Crippen molar-refractivity contribution < 1.29 is 38.6 Å². The highest BCUT2D eigenvalue weighted by Crippen LogP contribution is 2.36. The number of halogens is 1. The van der Waals surface area contributed by atoms with Crippen molar-refractivity contribution in [1.29, 1.82) is 0 Å². The van der Waals surface area contributed by atoms with Crippen LogP contribution in [-0.2, 0) is 14.0 Å². The number of pyridine rings is 6. The van der Waals surface area contributed by atoms with Crippen LogP contribution in [0.5, 0.6) is 0 Å². The first-order valence-corrected chi connectivity index (χ1v) is 22.6. The molecule has 1 aliphatic rings. The molecule has 9 aromatic heterocycles. The van der Waals surface area contributed by atoms with Crippen LogP contribution in [0, 0.1) is 0 Å². The van der Waals surface area contributed by atoms with Gasteiger partial charge in [-0.25, -0.2) is 29.3 Å². The molecule has 1 saturated heterocycles. The number of ether oxygens (including phenoxy) is 1. The number of carboxylic acid groups (broad SMARTS) is 2. The minimum atomic E-state index is -1.07. The van der Waals surface area contributed by atoms with Crippen LogP contribution in [0.15, 0.2) is 129 Å². The van der Waals surface area contributed by atoms with Crippen molar-refractivity contribution in [3.63, 3.8) is 0 Å². The van der Waals surface area contributed by atoms with E-state index >= 15 is 0 Å². The van der Waals surface area contributed by atoms with Crippen molar-refractivity contribution in [1.82, 2.24) is 44.4 Å². The number of rotatable bonds is 8. The number of nitrogens with one attached hydrogen (secondary N) is 2. The van der Waals surface area contributed by atoms with Crippen molar-refractivity contribution in [3.8, 4) is 22.3 Å². The third kappa shape index (κ3) is 11.9. The summed E-state index contributed by atoms with van der Waals surface area (Å²) in [5.74, 6) is -2.51. The van der Waals surface area contributed by atoms with E-state index < -0.39 is 17.9 Å². The standard InChI is InChI=1S/2C16H15N3O2.C13H17BN2O2.C6H4ClNO2/c1-10(2)21-16(20)15-7-11(3-5-18-15)12-8-14-13(19-9-12)4-6-17-14;1-10(2)19-6-4-13-15(19)8-12(9-18-13)11-3-5-17-14(7-11)16(20)21;1-12(2)13(3,4)18-14(17-12)9-7-11-10(16-8-9)5-6-15-11;7-4-1-2-8-5(3-4)6(9)10/h3-10,17H,1-2H3;3-10H,1-2H3,(H,20,21);5-8,15H,1-4H3;1-3H,(H,9,10). The summed E-state index contributed by atoms with van der Waals surface area (Å²) in [7, 11) is -0.352. The van der Waals surface area contributed by atoms with Crippen LogP contribution in [-0.4, -0.2) is 97.0 Å². The molecule has 1 aliphatic heterocycles. The van der Waals surface area contributed by atoms with Gasteiger partial charge in [-0.3, -0.25) is 15.0 Å². The Labute approximate surface area is 408 Å². The number of hydrogen-bond acceptors (Lipinski definition) is 12. The summed E-state index contributed by atoms with van der Waals surface area (Å²) in [4.78, 5) is 64.1. The number of carbonyl (C=O) groups is 3. The molecule has 358 valence electrons. The Morgan fingerprint density at radius 3 is 1.70 bits per heavy atom. The second-order valence-electron chi connectivity index (χ2n) is 17.6. The summed E-state index contributed by atoms with van der Waals surface area (Å²) < 4.78 is 19.3. The lowest BCUT2D eigenvalue weighted by Crippen LogP contribution is -2.41. The molecule has 10 heterocycles. The van der Waals surface area contributed by atoms with Gasteiger partial charge in [-0.1, -0.05) is 11.6 Å². The second-order valence-corrected chi connectivity index (χ2v) is 18.1. The van der Waals surface area contributed by atoms with Gasteiger partial charge in [0.25, 0.3) is 0 Å². The van der Waals surface area contributed by atoms with Crippen molar-refractivity contribution in [2.45, 2.75) is 78.7 Å². The Kier molecular flexibility index (Phi) is 15.2. The fourth-order valence-corrected chi connectivity index (χ4v) is 7.19. The molecule has 0 unspecified atom stereocenters. The monoisotopic (exact) mass is 963 g/mol. The third-order valence-electron chi connectivity index (χ3n) is 11.4. The van der Waals surface area contributed by atoms with E-state index in [1.807, 2.05) is 109 Å². The molecule has 70 heavy (non-hydrogen) atoms. The highest BCUT2D eigenvalue weighted by atomic mass is 35.5. The molecule has 10 rings (SSSR count). The van der Waals surface area contributed by atoms with Gasteiger partial charge in [-0.05, 0) is 139 Å². The van der Waals surface area contributed by atoms with E-state index in [0.717, 1.165) is 60.8 Å². The minimum absolute atomic E-state index is 0.0341. The second kappa shape index (κ2) is 21.2. The number of carboxylic acids is 2. The Hall–Kier alpha value is -7.80. The number of H-pyrrole nitrogens is 2. The molecule has 4 N–H and O–H groups in total. The van der Waals surface area contributed by atoms with Gasteiger partial charge in [0.1, 0.15) is 17.1 Å². The van der Waals surface area contributed by atoms with Crippen molar-refractivity contribution >= 4 is 75.2 Å². The first-order valence-electron chi connectivity index (χ1n) is 22.2. The maximum atomic E-state index is 11.9. The van der Waals surface area contributed by atoms with Crippen LogP contribution in [0.3, 0.4) is 0 Å². The van der Waals surface area contributed by atoms with Crippen LogP contribution >= 0.6 is 11.6 Å². The maximum Gasteiger partial charge on any atom is 0.496 e. The van der Waals surface area contributed by atoms with Gasteiger partial charge >= 0.3 is 25.0 Å². The van der Waals surface area contributed by atoms with E-state index in [4.69, 9.17) is 35.9 Å². The van der Waals surface area contributed by atoms with Gasteiger partial charge in [0.15, 0.2) is 0 Å². The molecule has 0 spiro atoms. The van der Waals surface area contributed by atoms with Crippen LogP contribution in [0.1, 0.15) is 92.9 Å². The molecule has 0 amide bonds. The van der Waals surface area contributed by atoms with E-state index in [0.29, 0.717) is 16.8 Å². The number of aromatic carboxylic acids is 2. The van der Waals surface area contributed by atoms with Gasteiger partial charge in [0.2, 0.25) is 0 Å². The summed E-state index contributed by atoms with van der Waals surface area (Å²) in [5, 5.41) is 17.8. The molecule has 17 nitrogen and oxygen atoms in total. The van der Waals surface area contributed by atoms with Gasteiger partial charge in [0.05, 0.1) is 50.4 Å². The first kappa shape index (κ1) is 50.1. The molecule has 0 bridgehead atoms. The third-order valence-corrected chi connectivity index (χ3v) is 11.6. The Bertz CT molecular complexity index is 3300. The highest BCUT2D eigenvalue weighted by molar-refractivity contribution is 6.62. The average Bonchev–Trinajstić information content (AvgIpc) is 4.14. The van der Waals surface area contributed by atoms with E-state index in [1.165, 1.54) is 24.5 Å². The summed E-state index contributed by atoms with van der Waals surface area (Å²) in [6.45, 7) is 16.0. The lowest BCUT2D eigenvalue weighted by Gasteiger charge is -2.32. The van der Waals surface area contributed by atoms with E-state index in [2.05, 4.69) is 58.3 Å². The molecule has 0 aliphatic carbocycles. The molecule has 0 saturated carbocycles. The lowest BCUT2D eigenvalue weighted by molar-refractivity contribution is 0.00578. The van der Waals surface area contributed by atoms with E-state index in [-0.39, 0.29) is 35.8 Å². The van der Waals surface area contributed by atoms with Gasteiger partial charge in [-0.15, -0.1) is 0 Å². The zero-order valence-corrected chi connectivity index (χ0v) is 40.5. The first-order chi connectivity index (χ1) is 33.3. The normalized spacial score (nSPS) is 13.6. The number of fused-ring (bicyclic) bond motifs is 3. The predicted octanol–water partition coefficient (Wildman–Crippen LogP) is 9.86. The minimum Gasteiger partial charge on any atom is -0.477 e. The predicted molar refractivity (Wildman–Crippen MR) is 268 cm³/mol. The highest BCUT2D eigenvalue weighted by Gasteiger charge is 2.51. The topological polar surface area (TPSA) is 233 Å². The van der Waals surface area contributed by atoms with Crippen LogP contribution < -0.4 is 5.46 Å². The molecule has 1 fully saturated rings. The van der Waals surface area contributed by atoms with Crippen LogP contribution in [0.2, 0.25) is 5.02 Å². The summed E-state index contributed by atoms with van der Waals surface area (Å²) in [5.41, 5.74) is 9.88. The van der Waals surface area contributed by atoms with Gasteiger partial charge in [-0.2, -0.15) is 0 Å². The number of aromatic amines is 2.